The van der Waals surface area contributed by atoms with E-state index in [1.807, 2.05) is 6.07 Å². The largest absolute Gasteiger partial charge is 0.481 e. The average Bonchev–Trinajstić information content (AvgIpc) is 2.74. The first-order valence-electron chi connectivity index (χ1n) is 9.49. The van der Waals surface area contributed by atoms with Gasteiger partial charge in [-0.05, 0) is 54.8 Å². The Morgan fingerprint density at radius 2 is 1.76 bits per heavy atom. The molecule has 0 saturated carbocycles. The summed E-state index contributed by atoms with van der Waals surface area (Å²) in [6.07, 6.45) is 0.939. The number of carbonyl (C=O) groups is 3. The Bertz CT molecular complexity index is 886. The van der Waals surface area contributed by atoms with Gasteiger partial charge in [0, 0.05) is 37.0 Å². The van der Waals surface area contributed by atoms with E-state index in [1.54, 1.807) is 54.5 Å². The molecule has 0 aromatic heterocycles. The van der Waals surface area contributed by atoms with Gasteiger partial charge < -0.3 is 20.1 Å². The Hall–Kier alpha value is -3.19. The molecule has 1 aliphatic heterocycles. The molecule has 152 valence electrons. The van der Waals surface area contributed by atoms with Crippen molar-refractivity contribution in [2.75, 3.05) is 25.5 Å². The number of nitrogens with zero attached hydrogens (tertiary/aromatic N) is 1. The third kappa shape index (κ3) is 5.20. The molecular formula is C22H24N2O5. The van der Waals surface area contributed by atoms with Gasteiger partial charge in [-0.3, -0.25) is 14.4 Å². The molecule has 1 fully saturated rings. The van der Waals surface area contributed by atoms with Crippen LogP contribution < -0.4 is 5.32 Å². The Balaban J connectivity index is 1.60. The zero-order valence-corrected chi connectivity index (χ0v) is 16.3. The van der Waals surface area contributed by atoms with Crippen LogP contribution >= 0.6 is 0 Å². The summed E-state index contributed by atoms with van der Waals surface area (Å²) in [6.45, 7) is 1.31. The first-order chi connectivity index (χ1) is 14.0. The SMILES string of the molecule is COCc1cccc(C(=O)Nc2ccc(C(=O)N3CCC(C(=O)O)CC3)cc2)c1. The predicted molar refractivity (Wildman–Crippen MR) is 108 cm³/mol. The summed E-state index contributed by atoms with van der Waals surface area (Å²) in [5.74, 6) is -1.54. The van der Waals surface area contributed by atoms with Crippen molar-refractivity contribution in [1.29, 1.82) is 0 Å². The number of hydrogen-bond donors (Lipinski definition) is 2. The number of amides is 2. The van der Waals surface area contributed by atoms with E-state index >= 15 is 0 Å². The Morgan fingerprint density at radius 1 is 1.07 bits per heavy atom. The molecule has 3 rings (SSSR count). The number of carboxylic acids is 1. The van der Waals surface area contributed by atoms with E-state index in [0.717, 1.165) is 5.56 Å². The monoisotopic (exact) mass is 396 g/mol. The lowest BCUT2D eigenvalue weighted by atomic mass is 9.96. The van der Waals surface area contributed by atoms with Crippen LogP contribution in [0.1, 0.15) is 39.1 Å². The molecule has 0 atom stereocenters. The number of aliphatic carboxylic acids is 1. The zero-order valence-electron chi connectivity index (χ0n) is 16.3. The van der Waals surface area contributed by atoms with Crippen LogP contribution in [0.5, 0.6) is 0 Å². The summed E-state index contributed by atoms with van der Waals surface area (Å²) in [5.41, 5.74) is 2.54. The normalized spacial score (nSPS) is 14.4. The second kappa shape index (κ2) is 9.34. The first kappa shape index (κ1) is 20.5. The number of carboxylic acid groups (broad SMARTS) is 1. The summed E-state index contributed by atoms with van der Waals surface area (Å²) < 4.78 is 5.09. The summed E-state index contributed by atoms with van der Waals surface area (Å²) in [5, 5.41) is 11.9. The molecule has 29 heavy (non-hydrogen) atoms. The molecule has 0 spiro atoms. The van der Waals surface area contributed by atoms with Crippen LogP contribution in [-0.2, 0) is 16.1 Å². The van der Waals surface area contributed by atoms with Gasteiger partial charge in [0.15, 0.2) is 0 Å². The van der Waals surface area contributed by atoms with Crippen molar-refractivity contribution >= 4 is 23.5 Å². The molecule has 2 amide bonds. The van der Waals surface area contributed by atoms with Crippen molar-refractivity contribution in [2.45, 2.75) is 19.4 Å². The van der Waals surface area contributed by atoms with Gasteiger partial charge in [-0.1, -0.05) is 12.1 Å². The van der Waals surface area contributed by atoms with Crippen molar-refractivity contribution in [3.8, 4) is 0 Å². The molecule has 0 unspecified atom stereocenters. The van der Waals surface area contributed by atoms with Gasteiger partial charge in [0.2, 0.25) is 0 Å². The number of piperidine rings is 1. The summed E-state index contributed by atoms with van der Waals surface area (Å²) in [6, 6.07) is 13.9. The number of likely N-dealkylation sites (tertiary alicyclic amines) is 1. The molecule has 0 radical (unpaired) electrons. The highest BCUT2D eigenvalue weighted by Gasteiger charge is 2.27. The Labute approximate surface area is 169 Å². The summed E-state index contributed by atoms with van der Waals surface area (Å²) in [4.78, 5) is 37.8. The lowest BCUT2D eigenvalue weighted by molar-refractivity contribution is -0.143. The number of rotatable bonds is 6. The number of carbonyl (C=O) groups excluding carboxylic acids is 2. The van der Waals surface area contributed by atoms with Crippen LogP contribution in [0.2, 0.25) is 0 Å². The van der Waals surface area contributed by atoms with Crippen molar-refractivity contribution < 1.29 is 24.2 Å². The average molecular weight is 396 g/mol. The van der Waals surface area contributed by atoms with Crippen molar-refractivity contribution in [3.05, 3.63) is 65.2 Å². The number of hydrogen-bond acceptors (Lipinski definition) is 4. The highest BCUT2D eigenvalue weighted by atomic mass is 16.5. The minimum atomic E-state index is -0.801. The maximum Gasteiger partial charge on any atom is 0.306 e. The summed E-state index contributed by atoms with van der Waals surface area (Å²) >= 11 is 0. The van der Waals surface area contributed by atoms with E-state index in [0.29, 0.717) is 49.4 Å². The van der Waals surface area contributed by atoms with Crippen molar-refractivity contribution in [3.63, 3.8) is 0 Å². The fourth-order valence-electron chi connectivity index (χ4n) is 3.38. The third-order valence-electron chi connectivity index (χ3n) is 5.02. The van der Waals surface area contributed by atoms with Crippen LogP contribution in [0.25, 0.3) is 0 Å². The lowest BCUT2D eigenvalue weighted by Gasteiger charge is -2.30. The molecule has 0 aliphatic carbocycles. The number of anilines is 1. The lowest BCUT2D eigenvalue weighted by Crippen LogP contribution is -2.40. The second-order valence-corrected chi connectivity index (χ2v) is 7.07. The second-order valence-electron chi connectivity index (χ2n) is 7.07. The van der Waals surface area contributed by atoms with Crippen LogP contribution in [0, 0.1) is 5.92 Å². The van der Waals surface area contributed by atoms with Crippen molar-refractivity contribution in [2.24, 2.45) is 5.92 Å². The molecule has 7 heteroatoms. The van der Waals surface area contributed by atoms with E-state index in [-0.39, 0.29) is 17.7 Å². The van der Waals surface area contributed by atoms with Gasteiger partial charge in [-0.2, -0.15) is 0 Å². The van der Waals surface area contributed by atoms with Gasteiger partial charge >= 0.3 is 5.97 Å². The smallest absolute Gasteiger partial charge is 0.306 e. The maximum atomic E-state index is 12.6. The van der Waals surface area contributed by atoms with E-state index in [2.05, 4.69) is 5.32 Å². The van der Waals surface area contributed by atoms with Crippen LogP contribution in [0.15, 0.2) is 48.5 Å². The minimum Gasteiger partial charge on any atom is -0.481 e. The Kier molecular flexibility index (Phi) is 6.61. The number of nitrogens with one attached hydrogen (secondary N) is 1. The molecule has 7 nitrogen and oxygen atoms in total. The zero-order chi connectivity index (χ0) is 20.8. The highest BCUT2D eigenvalue weighted by molar-refractivity contribution is 6.04. The van der Waals surface area contributed by atoms with Gasteiger partial charge in [0.05, 0.1) is 12.5 Å². The van der Waals surface area contributed by atoms with Gasteiger partial charge in [0.25, 0.3) is 11.8 Å². The summed E-state index contributed by atoms with van der Waals surface area (Å²) in [7, 11) is 1.60. The fourth-order valence-corrected chi connectivity index (χ4v) is 3.38. The topological polar surface area (TPSA) is 95.9 Å². The predicted octanol–water partition coefficient (Wildman–Crippen LogP) is 3.02. The van der Waals surface area contributed by atoms with Crippen LogP contribution in [0.4, 0.5) is 5.69 Å². The molecule has 1 saturated heterocycles. The molecule has 0 bridgehead atoms. The highest BCUT2D eigenvalue weighted by Crippen LogP contribution is 2.20. The van der Waals surface area contributed by atoms with Crippen LogP contribution in [0.3, 0.4) is 0 Å². The van der Waals surface area contributed by atoms with Crippen molar-refractivity contribution in [1.82, 2.24) is 4.90 Å². The van der Waals surface area contributed by atoms with Gasteiger partial charge in [-0.15, -0.1) is 0 Å². The molecule has 2 aromatic carbocycles. The van der Waals surface area contributed by atoms with Gasteiger partial charge in [0.1, 0.15) is 0 Å². The molecule has 1 aliphatic rings. The molecule has 1 heterocycles. The number of methoxy groups -OCH3 is 1. The third-order valence-corrected chi connectivity index (χ3v) is 5.02. The number of ether oxygens (including phenoxy) is 1. The Morgan fingerprint density at radius 3 is 2.38 bits per heavy atom. The standard InChI is InChI=1S/C22H24N2O5/c1-29-14-15-3-2-4-18(13-15)20(25)23-19-7-5-16(6-8-19)21(26)24-11-9-17(10-12-24)22(27)28/h2-8,13,17H,9-12,14H2,1H3,(H,23,25)(H,27,28). The minimum absolute atomic E-state index is 0.126. The van der Waals surface area contributed by atoms with Crippen LogP contribution in [-0.4, -0.2) is 48.0 Å². The molecular weight excluding hydrogens is 372 g/mol. The molecule has 2 aromatic rings. The van der Waals surface area contributed by atoms with E-state index in [9.17, 15) is 14.4 Å². The first-order valence-corrected chi connectivity index (χ1v) is 9.49. The fraction of sp³-hybridized carbons (Fsp3) is 0.318. The van der Waals surface area contributed by atoms with E-state index < -0.39 is 5.97 Å². The van der Waals surface area contributed by atoms with E-state index in [4.69, 9.17) is 9.84 Å². The van der Waals surface area contributed by atoms with E-state index in [1.165, 1.54) is 0 Å². The quantitative estimate of drug-likeness (QED) is 0.782. The maximum absolute atomic E-state index is 12.6. The number of benzene rings is 2. The van der Waals surface area contributed by atoms with Gasteiger partial charge in [-0.25, -0.2) is 0 Å². The molecule has 2 N–H and O–H groups in total.